The number of nitrogens with one attached hydrogen (secondary N) is 1. The van der Waals surface area contributed by atoms with Gasteiger partial charge in [-0.2, -0.15) is 0 Å². The number of rotatable bonds is 8. The van der Waals surface area contributed by atoms with E-state index >= 15 is 0 Å². The minimum absolute atomic E-state index is 0.0476. The van der Waals surface area contributed by atoms with Crippen molar-refractivity contribution in [3.8, 4) is 17.2 Å². The third kappa shape index (κ3) is 5.14. The first-order chi connectivity index (χ1) is 12.1. The van der Waals surface area contributed by atoms with E-state index in [1.807, 2.05) is 50.2 Å². The van der Waals surface area contributed by atoms with Gasteiger partial charge in [-0.25, -0.2) is 0 Å². The second-order valence-electron chi connectivity index (χ2n) is 5.66. The van der Waals surface area contributed by atoms with Gasteiger partial charge in [-0.05, 0) is 49.2 Å². The molecule has 0 saturated heterocycles. The van der Waals surface area contributed by atoms with Crippen LogP contribution in [0.15, 0.2) is 42.5 Å². The fraction of sp³-hybridized carbons (Fsp3) is 0.350. The highest BCUT2D eigenvalue weighted by atomic mass is 16.5. The number of hydrogen-bond donors (Lipinski definition) is 1. The zero-order valence-electron chi connectivity index (χ0n) is 15.2. The van der Waals surface area contributed by atoms with E-state index in [0.717, 1.165) is 16.9 Å². The summed E-state index contributed by atoms with van der Waals surface area (Å²) in [4.78, 5) is 12.3. The Labute approximate surface area is 148 Å². The van der Waals surface area contributed by atoms with E-state index in [1.54, 1.807) is 20.3 Å². The van der Waals surface area contributed by atoms with Gasteiger partial charge in [0.25, 0.3) is 0 Å². The zero-order chi connectivity index (χ0) is 18.2. The molecule has 0 bridgehead atoms. The summed E-state index contributed by atoms with van der Waals surface area (Å²) < 4.78 is 15.9. The summed E-state index contributed by atoms with van der Waals surface area (Å²) >= 11 is 0. The maximum Gasteiger partial charge on any atom is 0.224 e. The van der Waals surface area contributed by atoms with Crippen molar-refractivity contribution in [2.45, 2.75) is 26.3 Å². The minimum atomic E-state index is -0.0803. The Morgan fingerprint density at radius 3 is 2.32 bits per heavy atom. The predicted octanol–water partition coefficient (Wildman–Crippen LogP) is 3.52. The normalized spacial score (nSPS) is 11.5. The van der Waals surface area contributed by atoms with Gasteiger partial charge in [0.15, 0.2) is 11.5 Å². The highest BCUT2D eigenvalue weighted by Gasteiger charge is 2.12. The lowest BCUT2D eigenvalue weighted by atomic mass is 10.1. The first kappa shape index (κ1) is 18.6. The molecule has 5 nitrogen and oxygen atoms in total. The summed E-state index contributed by atoms with van der Waals surface area (Å²) in [6.45, 7) is 4.55. The Balaban J connectivity index is 1.97. The van der Waals surface area contributed by atoms with Crippen LogP contribution in [0, 0.1) is 0 Å². The van der Waals surface area contributed by atoms with Crippen LogP contribution in [0.5, 0.6) is 17.2 Å². The third-order valence-electron chi connectivity index (χ3n) is 3.88. The molecule has 0 radical (unpaired) electrons. The van der Waals surface area contributed by atoms with Gasteiger partial charge in [-0.3, -0.25) is 4.79 Å². The van der Waals surface area contributed by atoms with Crippen molar-refractivity contribution in [1.29, 1.82) is 0 Å². The van der Waals surface area contributed by atoms with E-state index in [9.17, 15) is 4.79 Å². The molecule has 0 heterocycles. The lowest BCUT2D eigenvalue weighted by Crippen LogP contribution is -2.28. The molecule has 0 aromatic heterocycles. The molecular formula is C20H25NO4. The Hall–Kier alpha value is -2.69. The molecule has 1 atom stereocenters. The van der Waals surface area contributed by atoms with Gasteiger partial charge in [-0.1, -0.05) is 18.2 Å². The fourth-order valence-corrected chi connectivity index (χ4v) is 2.57. The van der Waals surface area contributed by atoms with Crippen molar-refractivity contribution >= 4 is 5.91 Å². The largest absolute Gasteiger partial charge is 0.494 e. The van der Waals surface area contributed by atoms with E-state index in [2.05, 4.69) is 5.32 Å². The lowest BCUT2D eigenvalue weighted by Gasteiger charge is -2.15. The maximum absolute atomic E-state index is 12.3. The Morgan fingerprint density at radius 1 is 1.04 bits per heavy atom. The Kier molecular flexibility index (Phi) is 6.69. The summed E-state index contributed by atoms with van der Waals surface area (Å²) in [5.74, 6) is 2.05. The summed E-state index contributed by atoms with van der Waals surface area (Å²) in [5.41, 5.74) is 1.90. The highest BCUT2D eigenvalue weighted by molar-refractivity contribution is 5.79. The first-order valence-electron chi connectivity index (χ1n) is 8.30. The Morgan fingerprint density at radius 2 is 1.72 bits per heavy atom. The molecule has 0 unspecified atom stereocenters. The van der Waals surface area contributed by atoms with Crippen LogP contribution in [0.4, 0.5) is 0 Å². The van der Waals surface area contributed by atoms with Gasteiger partial charge >= 0.3 is 0 Å². The molecule has 0 fully saturated rings. The van der Waals surface area contributed by atoms with E-state index in [0.29, 0.717) is 18.1 Å². The monoisotopic (exact) mass is 343 g/mol. The molecule has 25 heavy (non-hydrogen) atoms. The number of ether oxygens (including phenoxy) is 3. The highest BCUT2D eigenvalue weighted by Crippen LogP contribution is 2.27. The van der Waals surface area contributed by atoms with Crippen LogP contribution in [0.1, 0.15) is 31.0 Å². The van der Waals surface area contributed by atoms with Crippen LogP contribution in [-0.4, -0.2) is 26.7 Å². The van der Waals surface area contributed by atoms with Gasteiger partial charge in [-0.15, -0.1) is 0 Å². The quantitative estimate of drug-likeness (QED) is 0.797. The van der Waals surface area contributed by atoms with Crippen LogP contribution in [-0.2, 0) is 11.2 Å². The smallest absolute Gasteiger partial charge is 0.224 e. The summed E-state index contributed by atoms with van der Waals surface area (Å²) in [5, 5.41) is 3.01. The topological polar surface area (TPSA) is 56.8 Å². The molecular weight excluding hydrogens is 318 g/mol. The maximum atomic E-state index is 12.3. The molecule has 1 N–H and O–H groups in total. The van der Waals surface area contributed by atoms with Gasteiger partial charge < -0.3 is 19.5 Å². The molecule has 2 aromatic carbocycles. The van der Waals surface area contributed by atoms with E-state index in [-0.39, 0.29) is 18.4 Å². The molecule has 0 aliphatic heterocycles. The summed E-state index contributed by atoms with van der Waals surface area (Å²) in [6.07, 6.45) is 0.279. The first-order valence-corrected chi connectivity index (χ1v) is 8.30. The van der Waals surface area contributed by atoms with Crippen molar-refractivity contribution in [3.05, 3.63) is 53.6 Å². The van der Waals surface area contributed by atoms with Crippen LogP contribution in [0.25, 0.3) is 0 Å². The van der Waals surface area contributed by atoms with E-state index in [1.165, 1.54) is 0 Å². The van der Waals surface area contributed by atoms with Gasteiger partial charge in [0, 0.05) is 0 Å². The standard InChI is InChI=1S/C20H25NO4/c1-5-25-17-9-7-16(8-10-17)14(2)21-20(22)13-15-6-11-18(23-3)19(12-15)24-4/h6-12,14H,5,13H2,1-4H3,(H,21,22)/t14-/m1/s1. The molecule has 2 aromatic rings. The molecule has 2 rings (SSSR count). The van der Waals surface area contributed by atoms with Crippen LogP contribution in [0.2, 0.25) is 0 Å². The average molecular weight is 343 g/mol. The molecule has 0 aliphatic carbocycles. The number of amides is 1. The number of methoxy groups -OCH3 is 2. The number of carbonyl (C=O) groups excluding carboxylic acids is 1. The molecule has 0 saturated carbocycles. The Bertz CT molecular complexity index is 697. The average Bonchev–Trinajstić information content (AvgIpc) is 2.62. The van der Waals surface area contributed by atoms with Crippen molar-refractivity contribution in [2.75, 3.05) is 20.8 Å². The van der Waals surface area contributed by atoms with E-state index < -0.39 is 0 Å². The SMILES string of the molecule is CCOc1ccc([C@@H](C)NC(=O)Cc2ccc(OC)c(OC)c2)cc1. The molecule has 0 spiro atoms. The van der Waals surface area contributed by atoms with Gasteiger partial charge in [0.05, 0.1) is 33.3 Å². The lowest BCUT2D eigenvalue weighted by molar-refractivity contribution is -0.121. The summed E-state index contributed by atoms with van der Waals surface area (Å²) in [6, 6.07) is 13.2. The number of hydrogen-bond acceptors (Lipinski definition) is 4. The van der Waals surface area contributed by atoms with Gasteiger partial charge in [0.1, 0.15) is 5.75 Å². The fourth-order valence-electron chi connectivity index (χ4n) is 2.57. The summed E-state index contributed by atoms with van der Waals surface area (Å²) in [7, 11) is 3.17. The van der Waals surface area contributed by atoms with Crippen LogP contribution >= 0.6 is 0 Å². The molecule has 134 valence electrons. The number of carbonyl (C=O) groups is 1. The number of benzene rings is 2. The van der Waals surface area contributed by atoms with Crippen molar-refractivity contribution in [2.24, 2.45) is 0 Å². The van der Waals surface area contributed by atoms with Crippen molar-refractivity contribution in [1.82, 2.24) is 5.32 Å². The van der Waals surface area contributed by atoms with Crippen LogP contribution in [0.3, 0.4) is 0 Å². The second kappa shape index (κ2) is 8.97. The zero-order valence-corrected chi connectivity index (χ0v) is 15.2. The minimum Gasteiger partial charge on any atom is -0.494 e. The van der Waals surface area contributed by atoms with Gasteiger partial charge in [0.2, 0.25) is 5.91 Å². The van der Waals surface area contributed by atoms with Crippen molar-refractivity contribution < 1.29 is 19.0 Å². The van der Waals surface area contributed by atoms with Crippen LogP contribution < -0.4 is 19.5 Å². The second-order valence-corrected chi connectivity index (χ2v) is 5.66. The van der Waals surface area contributed by atoms with E-state index in [4.69, 9.17) is 14.2 Å². The third-order valence-corrected chi connectivity index (χ3v) is 3.88. The molecule has 1 amide bonds. The van der Waals surface area contributed by atoms with Crippen molar-refractivity contribution in [3.63, 3.8) is 0 Å². The molecule has 0 aliphatic rings. The molecule has 5 heteroatoms. The predicted molar refractivity (Wildman–Crippen MR) is 97.4 cm³/mol.